The Hall–Kier alpha value is -0.120. The fraction of sp³-hybridized carbons (Fsp3) is 0.857. The summed E-state index contributed by atoms with van der Waals surface area (Å²) >= 11 is 0. The van der Waals surface area contributed by atoms with Crippen LogP contribution in [0.2, 0.25) is 0 Å². The third kappa shape index (κ3) is 1.17. The quantitative estimate of drug-likeness (QED) is 0.457. The molecular weight excluding hydrogens is 126 g/mol. The number of rotatable bonds is 3. The van der Waals surface area contributed by atoms with Crippen molar-refractivity contribution >= 4 is 0 Å². The first-order valence-corrected chi connectivity index (χ1v) is 3.67. The van der Waals surface area contributed by atoms with E-state index in [0.717, 1.165) is 6.42 Å². The average Bonchev–Trinajstić information content (AvgIpc) is 1.89. The molecule has 1 fully saturated rings. The molecule has 1 atom stereocenters. The Bertz CT molecular complexity index is 101. The Kier molecular flexibility index (Phi) is 2.28. The normalized spacial score (nSPS) is 24.3. The molecule has 10 heavy (non-hydrogen) atoms. The van der Waals surface area contributed by atoms with Gasteiger partial charge in [-0.1, -0.05) is 0 Å². The van der Waals surface area contributed by atoms with Crippen LogP contribution in [0.15, 0.2) is 0 Å². The van der Waals surface area contributed by atoms with E-state index in [2.05, 4.69) is 22.4 Å². The van der Waals surface area contributed by atoms with Crippen LogP contribution in [0.4, 0.5) is 0 Å². The van der Waals surface area contributed by atoms with Gasteiger partial charge in [0.25, 0.3) is 0 Å². The minimum atomic E-state index is 0.0909. The van der Waals surface area contributed by atoms with Crippen LogP contribution in [-0.2, 0) is 0 Å². The van der Waals surface area contributed by atoms with Crippen LogP contribution in [0, 0.1) is 6.42 Å². The summed E-state index contributed by atoms with van der Waals surface area (Å²) < 4.78 is 0. The Labute approximate surface area is 62.6 Å². The van der Waals surface area contributed by atoms with Gasteiger partial charge in [-0.2, -0.15) is 0 Å². The number of nitrogens with one attached hydrogen (secondary N) is 3. The molecule has 0 aliphatic heterocycles. The summed E-state index contributed by atoms with van der Waals surface area (Å²) in [4.78, 5) is 0. The molecule has 1 unspecified atom stereocenters. The van der Waals surface area contributed by atoms with Crippen LogP contribution in [0.3, 0.4) is 0 Å². The zero-order valence-electron chi connectivity index (χ0n) is 6.86. The SMILES string of the molecule is CNC1[CH]C(NC)(NC)C1. The second-order valence-corrected chi connectivity index (χ2v) is 2.74. The van der Waals surface area contributed by atoms with Gasteiger partial charge in [-0.05, 0) is 27.6 Å². The van der Waals surface area contributed by atoms with Crippen molar-refractivity contribution in [3.8, 4) is 0 Å². The Morgan fingerprint density at radius 3 is 2.10 bits per heavy atom. The van der Waals surface area contributed by atoms with Crippen molar-refractivity contribution in [1.82, 2.24) is 16.0 Å². The molecule has 0 aromatic carbocycles. The van der Waals surface area contributed by atoms with Gasteiger partial charge < -0.3 is 16.0 Å². The molecule has 1 aliphatic carbocycles. The average molecular weight is 142 g/mol. The van der Waals surface area contributed by atoms with Crippen molar-refractivity contribution < 1.29 is 0 Å². The molecule has 0 spiro atoms. The summed E-state index contributed by atoms with van der Waals surface area (Å²) in [6, 6.07) is 0.569. The van der Waals surface area contributed by atoms with Gasteiger partial charge in [0.15, 0.2) is 0 Å². The molecule has 1 aliphatic rings. The molecule has 3 heteroatoms. The first kappa shape index (κ1) is 7.98. The van der Waals surface area contributed by atoms with Crippen molar-refractivity contribution in [3.05, 3.63) is 6.42 Å². The van der Waals surface area contributed by atoms with Crippen LogP contribution in [0.25, 0.3) is 0 Å². The van der Waals surface area contributed by atoms with E-state index in [1.165, 1.54) is 0 Å². The van der Waals surface area contributed by atoms with Crippen LogP contribution in [-0.4, -0.2) is 32.8 Å². The molecule has 0 saturated heterocycles. The van der Waals surface area contributed by atoms with Crippen LogP contribution in [0.5, 0.6) is 0 Å². The highest BCUT2D eigenvalue weighted by Gasteiger charge is 2.41. The lowest BCUT2D eigenvalue weighted by atomic mass is 9.80. The van der Waals surface area contributed by atoms with Crippen molar-refractivity contribution in [1.29, 1.82) is 0 Å². The molecule has 0 bridgehead atoms. The molecule has 0 aromatic heterocycles. The summed E-state index contributed by atoms with van der Waals surface area (Å²) in [5.41, 5.74) is 0.0909. The van der Waals surface area contributed by atoms with E-state index in [4.69, 9.17) is 0 Å². The molecule has 1 rings (SSSR count). The van der Waals surface area contributed by atoms with E-state index in [1.54, 1.807) is 0 Å². The summed E-state index contributed by atoms with van der Waals surface area (Å²) in [5, 5.41) is 9.63. The van der Waals surface area contributed by atoms with Gasteiger partial charge in [0, 0.05) is 12.5 Å². The summed E-state index contributed by atoms with van der Waals surface area (Å²) in [7, 11) is 5.92. The van der Waals surface area contributed by atoms with Crippen LogP contribution < -0.4 is 16.0 Å². The third-order valence-corrected chi connectivity index (χ3v) is 2.29. The van der Waals surface area contributed by atoms with Gasteiger partial charge in [0.1, 0.15) is 0 Å². The smallest absolute Gasteiger partial charge is 0.0746 e. The lowest BCUT2D eigenvalue weighted by Crippen LogP contribution is -2.67. The maximum atomic E-state index is 3.22. The fourth-order valence-corrected chi connectivity index (χ4v) is 1.34. The fourth-order valence-electron chi connectivity index (χ4n) is 1.34. The van der Waals surface area contributed by atoms with Crippen molar-refractivity contribution in [3.63, 3.8) is 0 Å². The molecule has 0 heterocycles. The zero-order valence-corrected chi connectivity index (χ0v) is 6.86. The number of hydrogen-bond acceptors (Lipinski definition) is 3. The third-order valence-electron chi connectivity index (χ3n) is 2.29. The molecule has 1 saturated carbocycles. The van der Waals surface area contributed by atoms with Gasteiger partial charge in [-0.15, -0.1) is 0 Å². The minimum absolute atomic E-state index is 0.0909. The molecule has 3 N–H and O–H groups in total. The summed E-state index contributed by atoms with van der Waals surface area (Å²) in [6.45, 7) is 0. The maximum Gasteiger partial charge on any atom is 0.0746 e. The highest BCUT2D eigenvalue weighted by Crippen LogP contribution is 2.27. The van der Waals surface area contributed by atoms with E-state index < -0.39 is 0 Å². The first-order chi connectivity index (χ1) is 4.76. The summed E-state index contributed by atoms with van der Waals surface area (Å²) in [5.74, 6) is 0. The maximum absolute atomic E-state index is 3.22. The first-order valence-electron chi connectivity index (χ1n) is 3.67. The monoisotopic (exact) mass is 142 g/mol. The molecule has 0 aromatic rings. The standard InChI is InChI=1S/C7H16N3/c1-8-6-4-7(5-6,9-2)10-3/h4,6,8-10H,5H2,1-3H3. The highest BCUT2D eigenvalue weighted by atomic mass is 15.2. The van der Waals surface area contributed by atoms with E-state index in [-0.39, 0.29) is 5.66 Å². The Balaban J connectivity index is 2.31. The van der Waals surface area contributed by atoms with E-state index in [1.807, 2.05) is 21.1 Å². The van der Waals surface area contributed by atoms with Crippen LogP contribution in [0.1, 0.15) is 6.42 Å². The van der Waals surface area contributed by atoms with Gasteiger partial charge in [0.05, 0.1) is 5.66 Å². The van der Waals surface area contributed by atoms with Gasteiger partial charge in [-0.3, -0.25) is 0 Å². The van der Waals surface area contributed by atoms with E-state index in [9.17, 15) is 0 Å². The Morgan fingerprint density at radius 1 is 1.30 bits per heavy atom. The molecule has 59 valence electrons. The predicted molar refractivity (Wildman–Crippen MR) is 42.6 cm³/mol. The number of hydrogen-bond donors (Lipinski definition) is 3. The second-order valence-electron chi connectivity index (χ2n) is 2.74. The topological polar surface area (TPSA) is 36.1 Å². The van der Waals surface area contributed by atoms with E-state index in [0.29, 0.717) is 6.04 Å². The molecule has 3 nitrogen and oxygen atoms in total. The van der Waals surface area contributed by atoms with Crippen LogP contribution >= 0.6 is 0 Å². The van der Waals surface area contributed by atoms with Crippen molar-refractivity contribution in [2.75, 3.05) is 21.1 Å². The van der Waals surface area contributed by atoms with Gasteiger partial charge in [-0.25, -0.2) is 0 Å². The predicted octanol–water partition coefficient (Wildman–Crippen LogP) is -0.683. The Morgan fingerprint density at radius 2 is 1.80 bits per heavy atom. The molecule has 1 radical (unpaired) electrons. The molecule has 0 amide bonds. The largest absolute Gasteiger partial charge is 0.316 e. The lowest BCUT2D eigenvalue weighted by Gasteiger charge is -2.47. The zero-order chi connectivity index (χ0) is 7.61. The van der Waals surface area contributed by atoms with Gasteiger partial charge >= 0.3 is 0 Å². The van der Waals surface area contributed by atoms with Crippen molar-refractivity contribution in [2.24, 2.45) is 0 Å². The lowest BCUT2D eigenvalue weighted by molar-refractivity contribution is 0.199. The van der Waals surface area contributed by atoms with E-state index >= 15 is 0 Å². The second kappa shape index (κ2) is 2.86. The van der Waals surface area contributed by atoms with Gasteiger partial charge in [0.2, 0.25) is 0 Å². The summed E-state index contributed by atoms with van der Waals surface area (Å²) in [6.07, 6.45) is 3.36. The molecular formula is C7H16N3. The minimum Gasteiger partial charge on any atom is -0.316 e. The highest BCUT2D eigenvalue weighted by molar-refractivity contribution is 5.15. The van der Waals surface area contributed by atoms with Crippen molar-refractivity contribution in [2.45, 2.75) is 18.1 Å².